The molecule has 0 aliphatic carbocycles. The van der Waals surface area contributed by atoms with E-state index in [2.05, 4.69) is 57.2 Å². The summed E-state index contributed by atoms with van der Waals surface area (Å²) >= 11 is 0. The quantitative estimate of drug-likeness (QED) is 0.0262. The summed E-state index contributed by atoms with van der Waals surface area (Å²) in [5, 5.41) is 0. The van der Waals surface area contributed by atoms with Crippen molar-refractivity contribution in [1.29, 1.82) is 0 Å². The Morgan fingerprint density at radius 2 is 0.559 bits per heavy atom. The van der Waals surface area contributed by atoms with Gasteiger partial charge >= 0.3 is 17.9 Å². The maximum Gasteiger partial charge on any atom is 0.306 e. The zero-order valence-electron chi connectivity index (χ0n) is 45.6. The van der Waals surface area contributed by atoms with Gasteiger partial charge in [0.15, 0.2) is 6.10 Å². The van der Waals surface area contributed by atoms with Crippen LogP contribution in [0, 0.1) is 0 Å². The molecule has 0 bridgehead atoms. The first kappa shape index (κ1) is 65.6. The molecule has 0 radical (unpaired) electrons. The van der Waals surface area contributed by atoms with Crippen LogP contribution in [-0.4, -0.2) is 37.2 Å². The van der Waals surface area contributed by atoms with E-state index >= 15 is 0 Å². The summed E-state index contributed by atoms with van der Waals surface area (Å²) in [5.41, 5.74) is 0. The number of ether oxygens (including phenoxy) is 3. The maximum absolute atomic E-state index is 12.8. The SMILES string of the molecule is CCC/C=C\C/C=C\CCCCCCCC(=O)OC(COC(=O)CCCCCCCCCCCCCC)COC(=O)CCCCCCCCCCCCCCC/C=C\CCCCCCCCCC. The van der Waals surface area contributed by atoms with E-state index in [1.807, 2.05) is 0 Å². The Morgan fingerprint density at radius 1 is 0.294 bits per heavy atom. The Kier molecular flexibility index (Phi) is 55.2. The second-order valence-electron chi connectivity index (χ2n) is 20.3. The molecule has 0 rings (SSSR count). The van der Waals surface area contributed by atoms with Crippen molar-refractivity contribution in [1.82, 2.24) is 0 Å². The minimum absolute atomic E-state index is 0.0741. The van der Waals surface area contributed by atoms with Crippen molar-refractivity contribution in [2.45, 2.75) is 329 Å². The number of hydrogen-bond donors (Lipinski definition) is 0. The summed E-state index contributed by atoms with van der Waals surface area (Å²) in [6.45, 7) is 6.60. The zero-order chi connectivity index (χ0) is 49.3. The first-order chi connectivity index (χ1) is 33.5. The minimum atomic E-state index is -0.775. The highest BCUT2D eigenvalue weighted by Crippen LogP contribution is 2.17. The fraction of sp³-hybridized carbons (Fsp3) is 0.855. The van der Waals surface area contributed by atoms with Crippen LogP contribution in [0.1, 0.15) is 323 Å². The van der Waals surface area contributed by atoms with Gasteiger partial charge in [0.1, 0.15) is 13.2 Å². The van der Waals surface area contributed by atoms with E-state index in [0.717, 1.165) is 89.9 Å². The molecule has 6 heteroatoms. The zero-order valence-corrected chi connectivity index (χ0v) is 45.6. The van der Waals surface area contributed by atoms with Crippen LogP contribution < -0.4 is 0 Å². The Bertz CT molecular complexity index is 1140. The second kappa shape index (κ2) is 57.2. The van der Waals surface area contributed by atoms with Gasteiger partial charge in [-0.1, -0.05) is 269 Å². The molecule has 0 aromatic heterocycles. The summed E-state index contributed by atoms with van der Waals surface area (Å²) in [4.78, 5) is 38.1. The van der Waals surface area contributed by atoms with Gasteiger partial charge in [0.05, 0.1) is 0 Å². The van der Waals surface area contributed by atoms with Gasteiger partial charge in [-0.15, -0.1) is 0 Å². The molecule has 6 nitrogen and oxygen atoms in total. The highest BCUT2D eigenvalue weighted by Gasteiger charge is 2.19. The number of esters is 3. The van der Waals surface area contributed by atoms with Gasteiger partial charge in [-0.3, -0.25) is 14.4 Å². The molecule has 398 valence electrons. The van der Waals surface area contributed by atoms with E-state index in [1.165, 1.54) is 193 Å². The molecule has 1 unspecified atom stereocenters. The van der Waals surface area contributed by atoms with Crippen LogP contribution in [0.5, 0.6) is 0 Å². The fourth-order valence-corrected chi connectivity index (χ4v) is 8.83. The molecule has 0 spiro atoms. The van der Waals surface area contributed by atoms with Gasteiger partial charge in [-0.05, 0) is 70.6 Å². The lowest BCUT2D eigenvalue weighted by atomic mass is 10.0. The molecule has 0 fully saturated rings. The smallest absolute Gasteiger partial charge is 0.306 e. The number of allylic oxidation sites excluding steroid dienone is 6. The van der Waals surface area contributed by atoms with Gasteiger partial charge in [-0.25, -0.2) is 0 Å². The van der Waals surface area contributed by atoms with Crippen LogP contribution >= 0.6 is 0 Å². The predicted octanol–water partition coefficient (Wildman–Crippen LogP) is 20.0. The van der Waals surface area contributed by atoms with Crippen LogP contribution in [0.15, 0.2) is 36.5 Å². The van der Waals surface area contributed by atoms with Crippen molar-refractivity contribution >= 4 is 17.9 Å². The number of carbonyl (C=O) groups is 3. The lowest BCUT2D eigenvalue weighted by molar-refractivity contribution is -0.167. The van der Waals surface area contributed by atoms with E-state index in [1.54, 1.807) is 0 Å². The lowest BCUT2D eigenvalue weighted by Crippen LogP contribution is -2.30. The molecule has 68 heavy (non-hydrogen) atoms. The summed E-state index contributed by atoms with van der Waals surface area (Å²) in [6, 6.07) is 0. The third-order valence-electron chi connectivity index (χ3n) is 13.3. The summed E-state index contributed by atoms with van der Waals surface area (Å²) in [7, 11) is 0. The predicted molar refractivity (Wildman–Crippen MR) is 293 cm³/mol. The van der Waals surface area contributed by atoms with Crippen LogP contribution in [-0.2, 0) is 28.6 Å². The Morgan fingerprint density at radius 3 is 0.882 bits per heavy atom. The molecule has 0 aromatic rings. The van der Waals surface area contributed by atoms with Gasteiger partial charge in [0.2, 0.25) is 0 Å². The first-order valence-corrected chi connectivity index (χ1v) is 30.0. The molecule has 0 saturated heterocycles. The molecule has 0 N–H and O–H groups in total. The number of rotatable bonds is 55. The summed E-state index contributed by atoms with van der Waals surface area (Å²) < 4.78 is 16.9. The van der Waals surface area contributed by atoms with E-state index in [-0.39, 0.29) is 31.1 Å². The third-order valence-corrected chi connectivity index (χ3v) is 13.3. The topological polar surface area (TPSA) is 78.9 Å². The van der Waals surface area contributed by atoms with Gasteiger partial charge < -0.3 is 14.2 Å². The minimum Gasteiger partial charge on any atom is -0.462 e. The third kappa shape index (κ3) is 54.6. The Balaban J connectivity index is 4.20. The molecule has 1 atom stereocenters. The molecule has 0 amide bonds. The normalized spacial score (nSPS) is 12.2. The highest BCUT2D eigenvalue weighted by atomic mass is 16.6. The van der Waals surface area contributed by atoms with E-state index in [0.29, 0.717) is 19.3 Å². The van der Waals surface area contributed by atoms with Crippen molar-refractivity contribution in [2.24, 2.45) is 0 Å². The average molecular weight is 956 g/mol. The second-order valence-corrected chi connectivity index (χ2v) is 20.3. The number of hydrogen-bond acceptors (Lipinski definition) is 6. The van der Waals surface area contributed by atoms with E-state index in [4.69, 9.17) is 14.2 Å². The van der Waals surface area contributed by atoms with E-state index < -0.39 is 6.10 Å². The molecular formula is C62H114O6. The first-order valence-electron chi connectivity index (χ1n) is 30.0. The molecule has 0 heterocycles. The summed E-state index contributed by atoms with van der Waals surface area (Å²) in [6.07, 6.45) is 68.7. The molecule has 0 aliphatic rings. The Hall–Kier alpha value is -2.37. The van der Waals surface area contributed by atoms with Gasteiger partial charge in [0.25, 0.3) is 0 Å². The maximum atomic E-state index is 12.8. The number of carbonyl (C=O) groups excluding carboxylic acids is 3. The standard InChI is InChI=1S/C62H114O6/c1-4-7-10-13-16-19-22-25-26-27-28-29-30-31-32-33-34-35-36-38-40-43-46-49-52-55-61(64)67-58-59(57-66-60(63)54-51-48-45-42-39-24-21-18-15-12-9-6-3)68-62(65)56-53-50-47-44-41-37-23-20-17-14-11-8-5-2/h11,14,20,23,27-28,59H,4-10,12-13,15-19,21-22,24-26,29-58H2,1-3H3/b14-11-,23-20-,28-27-. The average Bonchev–Trinajstić information content (AvgIpc) is 3.34. The molecule has 0 aromatic carbocycles. The van der Waals surface area contributed by atoms with Crippen molar-refractivity contribution in [3.8, 4) is 0 Å². The fourth-order valence-electron chi connectivity index (χ4n) is 8.83. The summed E-state index contributed by atoms with van der Waals surface area (Å²) in [5.74, 6) is -0.872. The van der Waals surface area contributed by atoms with Crippen LogP contribution in [0.2, 0.25) is 0 Å². The Labute approximate surface area is 423 Å². The largest absolute Gasteiger partial charge is 0.462 e. The van der Waals surface area contributed by atoms with Gasteiger partial charge in [-0.2, -0.15) is 0 Å². The lowest BCUT2D eigenvalue weighted by Gasteiger charge is -2.18. The van der Waals surface area contributed by atoms with Crippen molar-refractivity contribution in [3.63, 3.8) is 0 Å². The van der Waals surface area contributed by atoms with Crippen molar-refractivity contribution in [2.75, 3.05) is 13.2 Å². The highest BCUT2D eigenvalue weighted by molar-refractivity contribution is 5.71. The molecule has 0 aliphatic heterocycles. The molecular weight excluding hydrogens is 841 g/mol. The van der Waals surface area contributed by atoms with Crippen molar-refractivity contribution < 1.29 is 28.6 Å². The van der Waals surface area contributed by atoms with Gasteiger partial charge in [0, 0.05) is 19.3 Å². The van der Waals surface area contributed by atoms with Crippen LogP contribution in [0.4, 0.5) is 0 Å². The van der Waals surface area contributed by atoms with E-state index in [9.17, 15) is 14.4 Å². The van der Waals surface area contributed by atoms with Crippen LogP contribution in [0.25, 0.3) is 0 Å². The van der Waals surface area contributed by atoms with Crippen molar-refractivity contribution in [3.05, 3.63) is 36.5 Å². The monoisotopic (exact) mass is 955 g/mol. The van der Waals surface area contributed by atoms with Crippen LogP contribution in [0.3, 0.4) is 0 Å². The number of unbranched alkanes of at least 4 members (excludes halogenated alkanes) is 38. The molecule has 0 saturated carbocycles.